The summed E-state index contributed by atoms with van der Waals surface area (Å²) in [6.45, 7) is 4.08. The Hall–Kier alpha value is -1.78. The molecule has 0 spiro atoms. The lowest BCUT2D eigenvalue weighted by atomic mass is 10.3. The normalized spacial score (nSPS) is 10.3. The number of thiocarbonyl (C=S) groups is 1. The Morgan fingerprint density at radius 2 is 1.81 bits per heavy atom. The zero-order valence-corrected chi connectivity index (χ0v) is 13.5. The summed E-state index contributed by atoms with van der Waals surface area (Å²) >= 11 is 11.1. The smallest absolute Gasteiger partial charge is 0.170 e. The van der Waals surface area contributed by atoms with Crippen molar-refractivity contribution in [3.63, 3.8) is 0 Å². The van der Waals surface area contributed by atoms with Crippen molar-refractivity contribution in [2.45, 2.75) is 19.9 Å². The number of hydrogen-bond acceptors (Lipinski definition) is 2. The molecule has 2 aromatic carbocycles. The van der Waals surface area contributed by atoms with Crippen LogP contribution in [0.25, 0.3) is 0 Å². The van der Waals surface area contributed by atoms with Crippen LogP contribution in [-0.2, 0) is 0 Å². The van der Waals surface area contributed by atoms with Gasteiger partial charge in [-0.25, -0.2) is 0 Å². The van der Waals surface area contributed by atoms with Crippen LogP contribution >= 0.6 is 23.8 Å². The van der Waals surface area contributed by atoms with Crippen molar-refractivity contribution >= 4 is 34.6 Å². The molecule has 110 valence electrons. The Bertz CT molecular complexity index is 614. The van der Waals surface area contributed by atoms with Crippen molar-refractivity contribution < 1.29 is 4.74 Å². The van der Waals surface area contributed by atoms with Crippen molar-refractivity contribution in [2.75, 3.05) is 5.32 Å². The maximum Gasteiger partial charge on any atom is 0.170 e. The van der Waals surface area contributed by atoms with E-state index in [0.717, 1.165) is 11.4 Å². The van der Waals surface area contributed by atoms with E-state index >= 15 is 0 Å². The summed E-state index contributed by atoms with van der Waals surface area (Å²) in [6.07, 6.45) is 0. The summed E-state index contributed by atoms with van der Waals surface area (Å²) in [5.41, 5.74) is 0.909. The van der Waals surface area contributed by atoms with Gasteiger partial charge in [-0.1, -0.05) is 17.7 Å². The van der Waals surface area contributed by atoms with Gasteiger partial charge in [0.1, 0.15) is 11.5 Å². The van der Waals surface area contributed by atoms with Crippen LogP contribution in [0.2, 0.25) is 5.02 Å². The van der Waals surface area contributed by atoms with Gasteiger partial charge < -0.3 is 15.4 Å². The van der Waals surface area contributed by atoms with Crippen LogP contribution in [-0.4, -0.2) is 11.2 Å². The van der Waals surface area contributed by atoms with Crippen molar-refractivity contribution in [3.8, 4) is 11.5 Å². The Morgan fingerprint density at radius 3 is 2.43 bits per heavy atom. The molecule has 3 nitrogen and oxygen atoms in total. The number of halogens is 1. The zero-order chi connectivity index (χ0) is 15.2. The van der Waals surface area contributed by atoms with Gasteiger partial charge >= 0.3 is 0 Å². The molecule has 0 fully saturated rings. The molecule has 0 radical (unpaired) electrons. The molecule has 0 saturated heterocycles. The molecule has 2 rings (SSSR count). The van der Waals surface area contributed by atoms with Gasteiger partial charge in [0.05, 0.1) is 0 Å². The van der Waals surface area contributed by atoms with Crippen LogP contribution in [0.3, 0.4) is 0 Å². The highest BCUT2D eigenvalue weighted by molar-refractivity contribution is 7.80. The van der Waals surface area contributed by atoms with E-state index in [-0.39, 0.29) is 0 Å². The summed E-state index contributed by atoms with van der Waals surface area (Å²) in [4.78, 5) is 0. The van der Waals surface area contributed by atoms with Crippen LogP contribution in [0.5, 0.6) is 11.5 Å². The largest absolute Gasteiger partial charge is 0.457 e. The van der Waals surface area contributed by atoms with Crippen molar-refractivity contribution in [3.05, 3.63) is 53.6 Å². The Labute approximate surface area is 135 Å². The van der Waals surface area contributed by atoms with E-state index in [2.05, 4.69) is 10.6 Å². The number of benzene rings is 2. The second-order valence-electron chi connectivity index (χ2n) is 4.84. The minimum absolute atomic E-state index is 0.301. The lowest BCUT2D eigenvalue weighted by Gasteiger charge is -2.13. The SMILES string of the molecule is CC(C)NC(=S)Nc1ccc(Oc2cccc(Cl)c2)cc1. The molecule has 0 atom stereocenters. The molecule has 0 saturated carbocycles. The third-order valence-electron chi connectivity index (χ3n) is 2.56. The first-order valence-corrected chi connectivity index (χ1v) is 7.42. The Morgan fingerprint density at radius 1 is 1.10 bits per heavy atom. The van der Waals surface area contributed by atoms with Crippen LogP contribution < -0.4 is 15.4 Å². The van der Waals surface area contributed by atoms with E-state index in [4.69, 9.17) is 28.6 Å². The zero-order valence-electron chi connectivity index (χ0n) is 11.9. The highest BCUT2D eigenvalue weighted by atomic mass is 35.5. The summed E-state index contributed by atoms with van der Waals surface area (Å²) in [5.74, 6) is 1.45. The summed E-state index contributed by atoms with van der Waals surface area (Å²) in [7, 11) is 0. The molecule has 0 amide bonds. The number of hydrogen-bond donors (Lipinski definition) is 2. The quantitative estimate of drug-likeness (QED) is 0.791. The standard InChI is InChI=1S/C16H17ClN2OS/c1-11(2)18-16(21)19-13-6-8-14(9-7-13)20-15-5-3-4-12(17)10-15/h3-11H,1-2H3,(H2,18,19,21). The van der Waals surface area contributed by atoms with Crippen LogP contribution in [0.1, 0.15) is 13.8 Å². The first-order chi connectivity index (χ1) is 10.0. The molecular weight excluding hydrogens is 304 g/mol. The van der Waals surface area contributed by atoms with Gasteiger partial charge in [-0.05, 0) is 68.5 Å². The minimum Gasteiger partial charge on any atom is -0.457 e. The van der Waals surface area contributed by atoms with Gasteiger partial charge in [0.15, 0.2) is 5.11 Å². The Balaban J connectivity index is 1.97. The molecule has 2 aromatic rings. The lowest BCUT2D eigenvalue weighted by molar-refractivity contribution is 0.483. The Kier molecular flexibility index (Phi) is 5.42. The van der Waals surface area contributed by atoms with Gasteiger partial charge in [0, 0.05) is 16.8 Å². The highest BCUT2D eigenvalue weighted by Crippen LogP contribution is 2.25. The first-order valence-electron chi connectivity index (χ1n) is 6.64. The summed E-state index contributed by atoms with van der Waals surface area (Å²) < 4.78 is 5.72. The fourth-order valence-electron chi connectivity index (χ4n) is 1.70. The molecule has 0 bridgehead atoms. The molecular formula is C16H17ClN2OS. The monoisotopic (exact) mass is 320 g/mol. The molecule has 0 aliphatic heterocycles. The van der Waals surface area contributed by atoms with E-state index in [0.29, 0.717) is 21.9 Å². The van der Waals surface area contributed by atoms with Gasteiger partial charge in [-0.15, -0.1) is 0 Å². The van der Waals surface area contributed by atoms with Gasteiger partial charge in [-0.3, -0.25) is 0 Å². The fraction of sp³-hybridized carbons (Fsp3) is 0.188. The molecule has 5 heteroatoms. The molecule has 0 heterocycles. The van der Waals surface area contributed by atoms with E-state index in [1.54, 1.807) is 6.07 Å². The second-order valence-corrected chi connectivity index (χ2v) is 5.68. The number of rotatable bonds is 4. The van der Waals surface area contributed by atoms with Crippen LogP contribution in [0, 0.1) is 0 Å². The van der Waals surface area contributed by atoms with E-state index in [1.807, 2.05) is 56.3 Å². The molecule has 21 heavy (non-hydrogen) atoms. The van der Waals surface area contributed by atoms with Crippen molar-refractivity contribution in [2.24, 2.45) is 0 Å². The van der Waals surface area contributed by atoms with Crippen molar-refractivity contribution in [1.82, 2.24) is 5.32 Å². The molecule has 0 unspecified atom stereocenters. The maximum atomic E-state index is 5.92. The average Bonchev–Trinajstić information content (AvgIpc) is 2.40. The topological polar surface area (TPSA) is 33.3 Å². The molecule has 0 aliphatic rings. The number of anilines is 1. The molecule has 0 aliphatic carbocycles. The first kappa shape index (κ1) is 15.6. The second kappa shape index (κ2) is 7.29. The van der Waals surface area contributed by atoms with Gasteiger partial charge in [-0.2, -0.15) is 0 Å². The fourth-order valence-corrected chi connectivity index (χ4v) is 2.24. The van der Waals surface area contributed by atoms with Gasteiger partial charge in [0.2, 0.25) is 0 Å². The van der Waals surface area contributed by atoms with E-state index < -0.39 is 0 Å². The average molecular weight is 321 g/mol. The third-order valence-corrected chi connectivity index (χ3v) is 3.02. The number of nitrogens with one attached hydrogen (secondary N) is 2. The van der Waals surface area contributed by atoms with E-state index in [9.17, 15) is 0 Å². The van der Waals surface area contributed by atoms with Crippen molar-refractivity contribution in [1.29, 1.82) is 0 Å². The summed E-state index contributed by atoms with van der Waals surface area (Å²) in [5, 5.41) is 7.50. The van der Waals surface area contributed by atoms with Crippen LogP contribution in [0.4, 0.5) is 5.69 Å². The number of ether oxygens (including phenoxy) is 1. The maximum absolute atomic E-state index is 5.92. The van der Waals surface area contributed by atoms with E-state index in [1.165, 1.54) is 0 Å². The third kappa shape index (κ3) is 5.25. The summed E-state index contributed by atoms with van der Waals surface area (Å²) in [6, 6.07) is 15.2. The van der Waals surface area contributed by atoms with Crippen LogP contribution in [0.15, 0.2) is 48.5 Å². The van der Waals surface area contributed by atoms with Gasteiger partial charge in [0.25, 0.3) is 0 Å². The lowest BCUT2D eigenvalue weighted by Crippen LogP contribution is -2.33. The predicted molar refractivity (Wildman–Crippen MR) is 92.5 cm³/mol. The molecule has 0 aromatic heterocycles. The molecule has 2 N–H and O–H groups in total. The minimum atomic E-state index is 0.301. The highest BCUT2D eigenvalue weighted by Gasteiger charge is 2.01. The predicted octanol–water partition coefficient (Wildman–Crippen LogP) is 4.83.